The lowest BCUT2D eigenvalue weighted by molar-refractivity contribution is 0.490. The standard InChI is InChI=1S/C8H18N2/c1-5-6-7(9)8(2,3)10-4/h6,10H,5,9H2,1-4H3/b7-6+. The van der Waals surface area contributed by atoms with Crippen LogP contribution in [0, 0.1) is 0 Å². The molecule has 2 nitrogen and oxygen atoms in total. The Bertz CT molecular complexity index is 125. The van der Waals surface area contributed by atoms with Crippen LogP contribution in [0.4, 0.5) is 0 Å². The van der Waals surface area contributed by atoms with Gasteiger partial charge in [0.05, 0.1) is 5.54 Å². The van der Waals surface area contributed by atoms with E-state index in [2.05, 4.69) is 26.1 Å². The smallest absolute Gasteiger partial charge is 0.0518 e. The van der Waals surface area contributed by atoms with E-state index in [0.717, 1.165) is 12.1 Å². The predicted octanol–water partition coefficient (Wildman–Crippen LogP) is 1.24. The normalized spacial score (nSPS) is 13.8. The fraction of sp³-hybridized carbons (Fsp3) is 0.750. The van der Waals surface area contributed by atoms with Crippen LogP contribution in [-0.4, -0.2) is 12.6 Å². The average Bonchev–Trinajstić information content (AvgIpc) is 1.89. The maximum absolute atomic E-state index is 5.77. The maximum atomic E-state index is 5.77. The zero-order valence-corrected chi connectivity index (χ0v) is 7.36. The number of rotatable bonds is 3. The second kappa shape index (κ2) is 3.62. The minimum atomic E-state index is -0.0595. The Hall–Kier alpha value is -0.500. The SMILES string of the molecule is CC/C=C(/N)C(C)(C)NC. The Kier molecular flexibility index (Phi) is 3.43. The van der Waals surface area contributed by atoms with Gasteiger partial charge in [0.2, 0.25) is 0 Å². The van der Waals surface area contributed by atoms with E-state index in [1.54, 1.807) is 0 Å². The Morgan fingerprint density at radius 3 is 2.40 bits per heavy atom. The topological polar surface area (TPSA) is 38.0 Å². The van der Waals surface area contributed by atoms with Crippen molar-refractivity contribution in [2.45, 2.75) is 32.7 Å². The zero-order chi connectivity index (χ0) is 8.20. The van der Waals surface area contributed by atoms with Gasteiger partial charge in [-0.15, -0.1) is 0 Å². The lowest BCUT2D eigenvalue weighted by Crippen LogP contribution is -2.41. The Balaban J connectivity index is 4.17. The van der Waals surface area contributed by atoms with Crippen molar-refractivity contribution in [2.24, 2.45) is 5.73 Å². The molecule has 0 aromatic rings. The highest BCUT2D eigenvalue weighted by atomic mass is 15.0. The molecule has 60 valence electrons. The molecule has 0 aromatic heterocycles. The number of allylic oxidation sites excluding steroid dienone is 1. The highest BCUT2D eigenvalue weighted by Crippen LogP contribution is 2.09. The Morgan fingerprint density at radius 2 is 2.10 bits per heavy atom. The minimum absolute atomic E-state index is 0.0595. The van der Waals surface area contributed by atoms with Gasteiger partial charge in [-0.05, 0) is 27.3 Å². The highest BCUT2D eigenvalue weighted by molar-refractivity contribution is 5.12. The van der Waals surface area contributed by atoms with Crippen LogP contribution in [0.1, 0.15) is 27.2 Å². The van der Waals surface area contributed by atoms with Crippen molar-refractivity contribution in [3.63, 3.8) is 0 Å². The van der Waals surface area contributed by atoms with Crippen LogP contribution in [0.25, 0.3) is 0 Å². The fourth-order valence-electron chi connectivity index (χ4n) is 0.619. The summed E-state index contributed by atoms with van der Waals surface area (Å²) in [4.78, 5) is 0. The van der Waals surface area contributed by atoms with Crippen molar-refractivity contribution in [1.82, 2.24) is 5.32 Å². The van der Waals surface area contributed by atoms with Gasteiger partial charge in [-0.3, -0.25) is 0 Å². The van der Waals surface area contributed by atoms with Crippen LogP contribution in [0.2, 0.25) is 0 Å². The lowest BCUT2D eigenvalue weighted by Gasteiger charge is -2.24. The molecule has 0 saturated carbocycles. The Labute approximate surface area is 63.5 Å². The summed E-state index contributed by atoms with van der Waals surface area (Å²) in [5.74, 6) is 0. The quantitative estimate of drug-likeness (QED) is 0.622. The molecular weight excluding hydrogens is 124 g/mol. The van der Waals surface area contributed by atoms with Crippen LogP contribution in [0.5, 0.6) is 0 Å². The molecule has 0 aromatic carbocycles. The van der Waals surface area contributed by atoms with Crippen LogP contribution < -0.4 is 11.1 Å². The molecule has 0 fully saturated rings. The molecule has 0 aliphatic heterocycles. The zero-order valence-electron chi connectivity index (χ0n) is 7.36. The van der Waals surface area contributed by atoms with Gasteiger partial charge in [0.25, 0.3) is 0 Å². The van der Waals surface area contributed by atoms with Gasteiger partial charge < -0.3 is 11.1 Å². The molecule has 0 heterocycles. The van der Waals surface area contributed by atoms with Crippen LogP contribution in [0.3, 0.4) is 0 Å². The van der Waals surface area contributed by atoms with Gasteiger partial charge in [-0.1, -0.05) is 13.0 Å². The molecule has 0 aliphatic carbocycles. The first kappa shape index (κ1) is 9.50. The third-order valence-corrected chi connectivity index (χ3v) is 1.77. The van der Waals surface area contributed by atoms with E-state index in [4.69, 9.17) is 5.73 Å². The summed E-state index contributed by atoms with van der Waals surface area (Å²) < 4.78 is 0. The van der Waals surface area contributed by atoms with Gasteiger partial charge in [0, 0.05) is 5.70 Å². The third-order valence-electron chi connectivity index (χ3n) is 1.77. The van der Waals surface area contributed by atoms with Gasteiger partial charge in [-0.2, -0.15) is 0 Å². The second-order valence-corrected chi connectivity index (χ2v) is 2.94. The molecule has 0 amide bonds. The van der Waals surface area contributed by atoms with E-state index >= 15 is 0 Å². The molecule has 0 rings (SSSR count). The van der Waals surface area contributed by atoms with Gasteiger partial charge in [0.1, 0.15) is 0 Å². The molecule has 0 radical (unpaired) electrons. The van der Waals surface area contributed by atoms with Crippen LogP contribution in [0.15, 0.2) is 11.8 Å². The van der Waals surface area contributed by atoms with Crippen LogP contribution in [-0.2, 0) is 0 Å². The van der Waals surface area contributed by atoms with Crippen molar-refractivity contribution in [3.8, 4) is 0 Å². The highest BCUT2D eigenvalue weighted by Gasteiger charge is 2.16. The van der Waals surface area contributed by atoms with Gasteiger partial charge in [0.15, 0.2) is 0 Å². The Morgan fingerprint density at radius 1 is 1.60 bits per heavy atom. The van der Waals surface area contributed by atoms with Gasteiger partial charge >= 0.3 is 0 Å². The third kappa shape index (κ3) is 2.40. The maximum Gasteiger partial charge on any atom is 0.0518 e. The van der Waals surface area contributed by atoms with E-state index in [9.17, 15) is 0 Å². The van der Waals surface area contributed by atoms with E-state index in [-0.39, 0.29) is 5.54 Å². The molecule has 0 saturated heterocycles. The predicted molar refractivity (Wildman–Crippen MR) is 45.7 cm³/mol. The molecule has 0 spiro atoms. The minimum Gasteiger partial charge on any atom is -0.401 e. The number of nitrogens with one attached hydrogen (secondary N) is 1. The van der Waals surface area contributed by atoms with Crippen molar-refractivity contribution in [3.05, 3.63) is 11.8 Å². The largest absolute Gasteiger partial charge is 0.401 e. The summed E-state index contributed by atoms with van der Waals surface area (Å²) in [5, 5.41) is 3.13. The van der Waals surface area contributed by atoms with Gasteiger partial charge in [-0.25, -0.2) is 0 Å². The summed E-state index contributed by atoms with van der Waals surface area (Å²) >= 11 is 0. The molecular formula is C8H18N2. The summed E-state index contributed by atoms with van der Waals surface area (Å²) in [6.45, 7) is 6.21. The summed E-state index contributed by atoms with van der Waals surface area (Å²) in [7, 11) is 1.91. The lowest BCUT2D eigenvalue weighted by atomic mass is 10.0. The van der Waals surface area contributed by atoms with E-state index in [1.165, 1.54) is 0 Å². The number of nitrogens with two attached hydrogens (primary N) is 1. The first-order valence-electron chi connectivity index (χ1n) is 3.69. The van der Waals surface area contributed by atoms with E-state index in [1.807, 2.05) is 13.1 Å². The molecule has 10 heavy (non-hydrogen) atoms. The van der Waals surface area contributed by atoms with Crippen molar-refractivity contribution < 1.29 is 0 Å². The summed E-state index contributed by atoms with van der Waals surface area (Å²) in [6, 6.07) is 0. The van der Waals surface area contributed by atoms with Crippen LogP contribution >= 0.6 is 0 Å². The van der Waals surface area contributed by atoms with Crippen molar-refractivity contribution in [2.75, 3.05) is 7.05 Å². The summed E-state index contributed by atoms with van der Waals surface area (Å²) in [5.41, 5.74) is 6.63. The van der Waals surface area contributed by atoms with E-state index in [0.29, 0.717) is 0 Å². The molecule has 0 atom stereocenters. The first-order valence-corrected chi connectivity index (χ1v) is 3.69. The number of likely N-dealkylation sites (N-methyl/N-ethyl adjacent to an activating group) is 1. The monoisotopic (exact) mass is 142 g/mol. The number of hydrogen-bond donors (Lipinski definition) is 2. The van der Waals surface area contributed by atoms with E-state index < -0.39 is 0 Å². The van der Waals surface area contributed by atoms with Crippen molar-refractivity contribution in [1.29, 1.82) is 0 Å². The second-order valence-electron chi connectivity index (χ2n) is 2.94. The first-order chi connectivity index (χ1) is 4.54. The summed E-state index contributed by atoms with van der Waals surface area (Å²) in [6.07, 6.45) is 3.04. The van der Waals surface area contributed by atoms with Crippen molar-refractivity contribution >= 4 is 0 Å². The molecule has 2 heteroatoms. The molecule has 0 bridgehead atoms. The number of hydrogen-bond acceptors (Lipinski definition) is 2. The molecule has 0 unspecified atom stereocenters. The fourth-order valence-corrected chi connectivity index (χ4v) is 0.619. The average molecular weight is 142 g/mol. The molecule has 0 aliphatic rings. The molecule has 3 N–H and O–H groups in total.